The standard InChI is InChI=1S/C26H27N7O2S/c1-36(34)32-9-10-35-22(16-32)12-21-13-23(25-26(27)28-17-29-33(21)25)19-7-8-20-15-31(30-24(20)11-19)14-18-5-3-2-4-6-18/h2-8,11,13,15,17,22H,9-10,12,14,16H2,1H3,(H2,27,28,29). The Hall–Kier alpha value is -3.60. The third kappa shape index (κ3) is 4.39. The van der Waals surface area contributed by atoms with Crippen LogP contribution in [0.25, 0.3) is 27.5 Å². The predicted octanol–water partition coefficient (Wildman–Crippen LogP) is 2.91. The predicted molar refractivity (Wildman–Crippen MR) is 141 cm³/mol. The first-order chi connectivity index (χ1) is 17.5. The summed E-state index contributed by atoms with van der Waals surface area (Å²) in [5, 5.41) is 10.4. The molecule has 10 heteroatoms. The number of hydrogen-bond acceptors (Lipinski definition) is 6. The molecule has 6 rings (SSSR count). The number of hydrogen-bond donors (Lipinski definition) is 1. The molecule has 4 heterocycles. The molecule has 0 radical (unpaired) electrons. The zero-order chi connectivity index (χ0) is 24.6. The van der Waals surface area contributed by atoms with Crippen LogP contribution in [0.5, 0.6) is 0 Å². The zero-order valence-corrected chi connectivity index (χ0v) is 20.8. The van der Waals surface area contributed by atoms with E-state index in [4.69, 9.17) is 15.6 Å². The number of fused-ring (bicyclic) bond motifs is 2. The van der Waals surface area contributed by atoms with Gasteiger partial charge in [-0.05, 0) is 23.3 Å². The summed E-state index contributed by atoms with van der Waals surface area (Å²) in [6.45, 7) is 2.55. The number of nitrogens with two attached hydrogens (primary N) is 1. The van der Waals surface area contributed by atoms with Gasteiger partial charge in [0.15, 0.2) is 5.82 Å². The number of aromatic nitrogens is 5. The minimum absolute atomic E-state index is 0.0824. The normalized spacial score (nSPS) is 17.6. The second-order valence-electron chi connectivity index (χ2n) is 9.05. The van der Waals surface area contributed by atoms with E-state index in [2.05, 4.69) is 52.7 Å². The second kappa shape index (κ2) is 9.45. The third-order valence-electron chi connectivity index (χ3n) is 6.61. The van der Waals surface area contributed by atoms with Crippen LogP contribution in [0.15, 0.2) is 67.1 Å². The molecule has 2 aromatic carbocycles. The fourth-order valence-corrected chi connectivity index (χ4v) is 5.58. The van der Waals surface area contributed by atoms with Gasteiger partial charge in [-0.25, -0.2) is 18.0 Å². The van der Waals surface area contributed by atoms with E-state index in [1.807, 2.05) is 31.7 Å². The molecule has 2 unspecified atom stereocenters. The SMILES string of the molecule is CS(=O)N1CCOC(Cc2cc(-c3ccc4cn(Cc5ccccc5)nc4c3)c3c(N)ncnn23)C1. The molecule has 9 nitrogen and oxygen atoms in total. The summed E-state index contributed by atoms with van der Waals surface area (Å²) < 4.78 is 23.7. The largest absolute Gasteiger partial charge is 0.382 e. The van der Waals surface area contributed by atoms with E-state index in [-0.39, 0.29) is 6.10 Å². The highest BCUT2D eigenvalue weighted by atomic mass is 32.2. The van der Waals surface area contributed by atoms with Crippen molar-refractivity contribution >= 4 is 33.2 Å². The Bertz CT molecular complexity index is 1560. The van der Waals surface area contributed by atoms with E-state index >= 15 is 0 Å². The van der Waals surface area contributed by atoms with Gasteiger partial charge >= 0.3 is 0 Å². The Labute approximate surface area is 211 Å². The molecule has 0 saturated carbocycles. The van der Waals surface area contributed by atoms with Crippen molar-refractivity contribution < 1.29 is 8.95 Å². The fraction of sp³-hybridized carbons (Fsp3) is 0.269. The summed E-state index contributed by atoms with van der Waals surface area (Å²) in [6, 6.07) is 18.7. The van der Waals surface area contributed by atoms with Crippen LogP contribution in [-0.2, 0) is 28.7 Å². The van der Waals surface area contributed by atoms with Crippen molar-refractivity contribution in [1.82, 2.24) is 28.7 Å². The lowest BCUT2D eigenvalue weighted by atomic mass is 10.0. The van der Waals surface area contributed by atoms with Gasteiger partial charge in [0, 0.05) is 48.6 Å². The smallest absolute Gasteiger partial charge is 0.151 e. The summed E-state index contributed by atoms with van der Waals surface area (Å²) >= 11 is 0. The van der Waals surface area contributed by atoms with E-state index in [1.54, 1.807) is 6.26 Å². The van der Waals surface area contributed by atoms with Crippen LogP contribution in [0.4, 0.5) is 5.82 Å². The maximum absolute atomic E-state index is 12.0. The van der Waals surface area contributed by atoms with Crippen LogP contribution < -0.4 is 5.73 Å². The van der Waals surface area contributed by atoms with E-state index in [0.717, 1.165) is 33.2 Å². The molecule has 1 fully saturated rings. The second-order valence-corrected chi connectivity index (χ2v) is 10.4. The van der Waals surface area contributed by atoms with Gasteiger partial charge < -0.3 is 10.5 Å². The quantitative estimate of drug-likeness (QED) is 0.384. The summed E-state index contributed by atoms with van der Waals surface area (Å²) in [5.41, 5.74) is 12.1. The molecule has 1 saturated heterocycles. The summed E-state index contributed by atoms with van der Waals surface area (Å²) in [4.78, 5) is 4.25. The lowest BCUT2D eigenvalue weighted by Crippen LogP contribution is -2.43. The van der Waals surface area contributed by atoms with Crippen molar-refractivity contribution in [3.05, 3.63) is 78.4 Å². The van der Waals surface area contributed by atoms with Gasteiger partial charge in [0.05, 0.1) is 35.8 Å². The lowest BCUT2D eigenvalue weighted by Gasteiger charge is -2.30. The van der Waals surface area contributed by atoms with Crippen molar-refractivity contribution in [3.63, 3.8) is 0 Å². The maximum atomic E-state index is 12.0. The monoisotopic (exact) mass is 501 g/mol. The molecule has 5 aromatic rings. The van der Waals surface area contributed by atoms with Gasteiger partial charge in [-0.2, -0.15) is 10.2 Å². The van der Waals surface area contributed by atoms with Crippen LogP contribution in [0, 0.1) is 0 Å². The third-order valence-corrected chi connectivity index (χ3v) is 7.67. The van der Waals surface area contributed by atoms with Crippen LogP contribution in [0.1, 0.15) is 11.3 Å². The van der Waals surface area contributed by atoms with Crippen molar-refractivity contribution in [2.75, 3.05) is 31.7 Å². The number of nitrogens with zero attached hydrogens (tertiary/aromatic N) is 6. The van der Waals surface area contributed by atoms with Crippen molar-refractivity contribution in [1.29, 1.82) is 0 Å². The van der Waals surface area contributed by atoms with E-state index in [9.17, 15) is 4.21 Å². The van der Waals surface area contributed by atoms with Crippen LogP contribution >= 0.6 is 0 Å². The Balaban J connectivity index is 1.35. The highest BCUT2D eigenvalue weighted by Crippen LogP contribution is 2.33. The molecule has 1 aliphatic rings. The van der Waals surface area contributed by atoms with Gasteiger partial charge in [0.25, 0.3) is 0 Å². The van der Waals surface area contributed by atoms with Gasteiger partial charge in [-0.15, -0.1) is 0 Å². The molecule has 184 valence electrons. The van der Waals surface area contributed by atoms with Crippen LogP contribution in [0.2, 0.25) is 0 Å². The fourth-order valence-electron chi connectivity index (χ4n) is 4.87. The number of nitrogen functional groups attached to an aromatic ring is 1. The van der Waals surface area contributed by atoms with Crippen molar-refractivity contribution in [3.8, 4) is 11.1 Å². The molecule has 2 atom stereocenters. The molecule has 2 N–H and O–H groups in total. The molecule has 0 bridgehead atoms. The Morgan fingerprint density at radius 1 is 1.17 bits per heavy atom. The first kappa shape index (κ1) is 22.8. The first-order valence-corrected chi connectivity index (χ1v) is 13.4. The molecule has 3 aromatic heterocycles. The summed E-state index contributed by atoms with van der Waals surface area (Å²) in [5.74, 6) is 0.418. The molecule has 1 aliphatic heterocycles. The Morgan fingerprint density at radius 3 is 2.86 bits per heavy atom. The lowest BCUT2D eigenvalue weighted by molar-refractivity contribution is 0.000488. The molecule has 0 spiro atoms. The zero-order valence-electron chi connectivity index (χ0n) is 19.9. The molecule has 0 aliphatic carbocycles. The summed E-state index contributed by atoms with van der Waals surface area (Å²) in [7, 11) is -1.02. The average molecular weight is 502 g/mol. The molecular formula is C26H27N7O2S. The number of anilines is 1. The minimum atomic E-state index is -1.02. The summed E-state index contributed by atoms with van der Waals surface area (Å²) in [6.07, 6.45) is 5.79. The van der Waals surface area contributed by atoms with Crippen LogP contribution in [-0.4, -0.2) is 64.9 Å². The van der Waals surface area contributed by atoms with Crippen molar-refractivity contribution in [2.24, 2.45) is 0 Å². The van der Waals surface area contributed by atoms with E-state index in [1.165, 1.54) is 11.9 Å². The van der Waals surface area contributed by atoms with Gasteiger partial charge in [-0.3, -0.25) is 4.68 Å². The molecule has 0 amide bonds. The Morgan fingerprint density at radius 2 is 2.03 bits per heavy atom. The van der Waals surface area contributed by atoms with Gasteiger partial charge in [-0.1, -0.05) is 42.5 Å². The van der Waals surface area contributed by atoms with Gasteiger partial charge in [0.1, 0.15) is 11.8 Å². The molecule has 36 heavy (non-hydrogen) atoms. The average Bonchev–Trinajstić information content (AvgIpc) is 3.46. The van der Waals surface area contributed by atoms with Crippen LogP contribution in [0.3, 0.4) is 0 Å². The van der Waals surface area contributed by atoms with E-state index < -0.39 is 11.0 Å². The maximum Gasteiger partial charge on any atom is 0.151 e. The minimum Gasteiger partial charge on any atom is -0.382 e. The Kier molecular flexibility index (Phi) is 6.00. The topological polar surface area (TPSA) is 104 Å². The number of morpholine rings is 1. The number of rotatable bonds is 6. The van der Waals surface area contributed by atoms with E-state index in [0.29, 0.717) is 38.5 Å². The highest BCUT2D eigenvalue weighted by Gasteiger charge is 2.25. The highest BCUT2D eigenvalue weighted by molar-refractivity contribution is 7.81. The molecular weight excluding hydrogens is 474 g/mol. The van der Waals surface area contributed by atoms with Gasteiger partial charge in [0.2, 0.25) is 0 Å². The van der Waals surface area contributed by atoms with Crippen molar-refractivity contribution in [2.45, 2.75) is 19.1 Å². The number of ether oxygens (including phenoxy) is 1. The first-order valence-electron chi connectivity index (χ1n) is 11.9. The number of benzene rings is 2.